The molecule has 1 heterocycles. The highest BCUT2D eigenvalue weighted by molar-refractivity contribution is 6.42. The summed E-state index contributed by atoms with van der Waals surface area (Å²) in [5.74, 6) is 0. The van der Waals surface area contributed by atoms with Gasteiger partial charge in [-0.05, 0) is 57.1 Å². The van der Waals surface area contributed by atoms with Gasteiger partial charge in [0.1, 0.15) is 5.60 Å². The zero-order chi connectivity index (χ0) is 17.3. The minimum Gasteiger partial charge on any atom is -0.444 e. The Hall–Kier alpha value is -0.930. The lowest BCUT2D eigenvalue weighted by molar-refractivity contribution is 0.0254. The summed E-state index contributed by atoms with van der Waals surface area (Å²) in [6.07, 6.45) is 2.48. The van der Waals surface area contributed by atoms with Gasteiger partial charge in [-0.2, -0.15) is 0 Å². The molecule has 0 spiro atoms. The summed E-state index contributed by atoms with van der Waals surface area (Å²) < 4.78 is 5.49. The predicted molar refractivity (Wildman–Crippen MR) is 95.5 cm³/mol. The number of ether oxygens (including phenoxy) is 1. The van der Waals surface area contributed by atoms with Crippen LogP contribution in [0.2, 0.25) is 10.0 Å². The van der Waals surface area contributed by atoms with E-state index in [1.54, 1.807) is 11.0 Å². The maximum absolute atomic E-state index is 12.3. The Balaban J connectivity index is 2.14. The fourth-order valence-electron chi connectivity index (χ4n) is 3.03. The van der Waals surface area contributed by atoms with Gasteiger partial charge in [0.15, 0.2) is 0 Å². The number of carbonyl (C=O) groups is 1. The highest BCUT2D eigenvalue weighted by Crippen LogP contribution is 2.41. The molecule has 0 bridgehead atoms. The summed E-state index contributed by atoms with van der Waals surface area (Å²) in [7, 11) is 0. The predicted octanol–water partition coefficient (Wildman–Crippen LogP) is 5.67. The molecule has 2 rings (SSSR count). The number of hydrogen-bond donors (Lipinski definition) is 0. The lowest BCUT2D eigenvalue weighted by atomic mass is 9.76. The summed E-state index contributed by atoms with van der Waals surface area (Å²) >= 11 is 12.6. The van der Waals surface area contributed by atoms with E-state index in [1.807, 2.05) is 32.9 Å². The third-order valence-corrected chi connectivity index (χ3v) is 5.16. The van der Waals surface area contributed by atoms with Gasteiger partial charge in [0.25, 0.3) is 0 Å². The Morgan fingerprint density at radius 2 is 1.91 bits per heavy atom. The van der Waals surface area contributed by atoms with Crippen molar-refractivity contribution in [3.63, 3.8) is 0 Å². The van der Waals surface area contributed by atoms with Crippen molar-refractivity contribution in [1.82, 2.24) is 4.90 Å². The molecule has 0 radical (unpaired) electrons. The third kappa shape index (κ3) is 4.54. The van der Waals surface area contributed by atoms with Gasteiger partial charge in [-0.15, -0.1) is 0 Å². The number of halogens is 2. The van der Waals surface area contributed by atoms with E-state index >= 15 is 0 Å². The normalized spacial score (nSPS) is 22.6. The van der Waals surface area contributed by atoms with Crippen molar-refractivity contribution < 1.29 is 9.53 Å². The fourth-order valence-corrected chi connectivity index (χ4v) is 3.56. The number of likely N-dealkylation sites (tertiary alicyclic amines) is 1. The molecule has 128 valence electrons. The van der Waals surface area contributed by atoms with Crippen LogP contribution in [-0.4, -0.2) is 29.7 Å². The molecule has 3 nitrogen and oxygen atoms in total. The van der Waals surface area contributed by atoms with E-state index in [0.29, 0.717) is 23.1 Å². The van der Waals surface area contributed by atoms with Gasteiger partial charge in [-0.1, -0.05) is 42.3 Å². The third-order valence-electron chi connectivity index (χ3n) is 4.34. The summed E-state index contributed by atoms with van der Waals surface area (Å²) in [6, 6.07) is 5.78. The Bertz CT molecular complexity index is 583. The van der Waals surface area contributed by atoms with E-state index in [2.05, 4.69) is 6.92 Å². The molecule has 1 atom stereocenters. The molecule has 1 aromatic rings. The summed E-state index contributed by atoms with van der Waals surface area (Å²) in [5, 5.41) is 1.21. The topological polar surface area (TPSA) is 29.5 Å². The molecule has 0 N–H and O–H groups in total. The van der Waals surface area contributed by atoms with Crippen molar-refractivity contribution >= 4 is 29.3 Å². The molecule has 0 aliphatic carbocycles. The van der Waals surface area contributed by atoms with Gasteiger partial charge in [0.05, 0.1) is 10.0 Å². The van der Waals surface area contributed by atoms with Crippen LogP contribution in [0.1, 0.15) is 52.5 Å². The van der Waals surface area contributed by atoms with Crippen LogP contribution >= 0.6 is 23.2 Å². The summed E-state index contributed by atoms with van der Waals surface area (Å²) in [6.45, 7) is 9.23. The summed E-state index contributed by atoms with van der Waals surface area (Å²) in [5.41, 5.74) is 0.513. The molecule has 1 saturated heterocycles. The van der Waals surface area contributed by atoms with Crippen LogP contribution in [0.5, 0.6) is 0 Å². The number of rotatable bonds is 1. The molecular weight excluding hydrogens is 333 g/mol. The van der Waals surface area contributed by atoms with Crippen LogP contribution in [-0.2, 0) is 10.2 Å². The first-order chi connectivity index (χ1) is 10.6. The van der Waals surface area contributed by atoms with Gasteiger partial charge >= 0.3 is 6.09 Å². The van der Waals surface area contributed by atoms with Crippen molar-refractivity contribution in [3.8, 4) is 0 Å². The number of carbonyl (C=O) groups excluding carboxylic acids is 1. The quantitative estimate of drug-likeness (QED) is 0.647. The Kier molecular flexibility index (Phi) is 5.52. The smallest absolute Gasteiger partial charge is 0.410 e. The molecule has 1 aliphatic rings. The molecule has 1 fully saturated rings. The number of hydrogen-bond acceptors (Lipinski definition) is 2. The second-order valence-corrected chi connectivity index (χ2v) is 8.27. The molecular formula is C18H25Cl2NO2. The van der Waals surface area contributed by atoms with E-state index in [9.17, 15) is 4.79 Å². The van der Waals surface area contributed by atoms with Crippen molar-refractivity contribution in [2.75, 3.05) is 13.1 Å². The first-order valence-corrected chi connectivity index (χ1v) is 8.80. The fraction of sp³-hybridized carbons (Fsp3) is 0.611. The van der Waals surface area contributed by atoms with Gasteiger partial charge < -0.3 is 9.64 Å². The molecule has 1 unspecified atom stereocenters. The molecule has 23 heavy (non-hydrogen) atoms. The van der Waals surface area contributed by atoms with Crippen LogP contribution < -0.4 is 0 Å². The first-order valence-electron chi connectivity index (χ1n) is 8.05. The van der Waals surface area contributed by atoms with Crippen molar-refractivity contribution in [3.05, 3.63) is 33.8 Å². The largest absolute Gasteiger partial charge is 0.444 e. The van der Waals surface area contributed by atoms with E-state index in [0.717, 1.165) is 24.8 Å². The van der Waals surface area contributed by atoms with Crippen molar-refractivity contribution in [2.24, 2.45) is 0 Å². The standard InChI is InChI=1S/C18H25Cl2NO2/c1-17(2,3)23-16(22)21-11-6-9-18(4,10-12-21)13-7-5-8-14(19)15(13)20/h5,7-8H,6,9-12H2,1-4H3. The Morgan fingerprint density at radius 3 is 2.57 bits per heavy atom. The zero-order valence-electron chi connectivity index (χ0n) is 14.3. The van der Waals surface area contributed by atoms with E-state index < -0.39 is 5.60 Å². The maximum Gasteiger partial charge on any atom is 0.410 e. The van der Waals surface area contributed by atoms with Crippen LogP contribution in [0.3, 0.4) is 0 Å². The lowest BCUT2D eigenvalue weighted by Crippen LogP contribution is -2.37. The Labute approximate surface area is 148 Å². The molecule has 1 amide bonds. The van der Waals surface area contributed by atoms with Crippen LogP contribution in [0, 0.1) is 0 Å². The molecule has 1 aromatic carbocycles. The SMILES string of the molecule is CC(C)(C)OC(=O)N1CCCC(C)(c2cccc(Cl)c2Cl)CC1. The second-order valence-electron chi connectivity index (χ2n) is 7.48. The van der Waals surface area contributed by atoms with Crippen LogP contribution in [0.4, 0.5) is 4.79 Å². The van der Waals surface area contributed by atoms with Crippen molar-refractivity contribution in [2.45, 2.75) is 58.0 Å². The first kappa shape index (κ1) is 18.4. The van der Waals surface area contributed by atoms with Crippen LogP contribution in [0.25, 0.3) is 0 Å². The highest BCUT2D eigenvalue weighted by Gasteiger charge is 2.34. The van der Waals surface area contributed by atoms with E-state index in [4.69, 9.17) is 27.9 Å². The van der Waals surface area contributed by atoms with Gasteiger partial charge in [-0.25, -0.2) is 4.79 Å². The van der Waals surface area contributed by atoms with Crippen molar-refractivity contribution in [1.29, 1.82) is 0 Å². The van der Waals surface area contributed by atoms with Gasteiger partial charge in [-0.3, -0.25) is 0 Å². The van der Waals surface area contributed by atoms with Crippen LogP contribution in [0.15, 0.2) is 18.2 Å². The maximum atomic E-state index is 12.3. The minimum absolute atomic E-state index is 0.0846. The average molecular weight is 358 g/mol. The number of amides is 1. The molecule has 1 aliphatic heterocycles. The molecule has 0 aromatic heterocycles. The van der Waals surface area contributed by atoms with Gasteiger partial charge in [0.2, 0.25) is 0 Å². The van der Waals surface area contributed by atoms with E-state index in [1.165, 1.54) is 0 Å². The second kappa shape index (κ2) is 6.90. The zero-order valence-corrected chi connectivity index (χ0v) is 15.8. The number of benzene rings is 1. The number of nitrogens with zero attached hydrogens (tertiary/aromatic N) is 1. The average Bonchev–Trinajstić information content (AvgIpc) is 2.63. The van der Waals surface area contributed by atoms with Gasteiger partial charge in [0, 0.05) is 13.1 Å². The molecule has 5 heteroatoms. The monoisotopic (exact) mass is 357 g/mol. The molecule has 0 saturated carbocycles. The highest BCUT2D eigenvalue weighted by atomic mass is 35.5. The Morgan fingerprint density at radius 1 is 1.22 bits per heavy atom. The summed E-state index contributed by atoms with van der Waals surface area (Å²) in [4.78, 5) is 14.1. The minimum atomic E-state index is -0.469. The van der Waals surface area contributed by atoms with E-state index in [-0.39, 0.29) is 11.5 Å². The lowest BCUT2D eigenvalue weighted by Gasteiger charge is -2.30.